The summed E-state index contributed by atoms with van der Waals surface area (Å²) < 4.78 is 1.90. The van der Waals surface area contributed by atoms with Crippen molar-refractivity contribution in [3.8, 4) is 0 Å². The maximum Gasteiger partial charge on any atom is 0.237 e. The predicted molar refractivity (Wildman–Crippen MR) is 93.6 cm³/mol. The number of anilines is 1. The van der Waals surface area contributed by atoms with Crippen LogP contribution in [0.4, 0.5) is 5.69 Å². The van der Waals surface area contributed by atoms with Crippen LogP contribution in [0, 0.1) is 0 Å². The molecule has 0 saturated heterocycles. The highest BCUT2D eigenvalue weighted by Crippen LogP contribution is 2.23. The van der Waals surface area contributed by atoms with Gasteiger partial charge in [-0.2, -0.15) is 0 Å². The first kappa shape index (κ1) is 18.0. The van der Waals surface area contributed by atoms with Gasteiger partial charge >= 0.3 is 0 Å². The van der Waals surface area contributed by atoms with Gasteiger partial charge in [-0.25, -0.2) is 0 Å². The van der Waals surface area contributed by atoms with E-state index in [4.69, 9.17) is 5.73 Å². The summed E-state index contributed by atoms with van der Waals surface area (Å²) in [5.41, 5.74) is 5.94. The number of carbonyl (C=O) groups is 2. The number of nitrogens with one attached hydrogen (secondary N) is 1. The summed E-state index contributed by atoms with van der Waals surface area (Å²) in [5, 5.41) is 11.4. The van der Waals surface area contributed by atoms with Crippen LogP contribution >= 0.6 is 11.8 Å². The molecule has 1 atom stereocenters. The van der Waals surface area contributed by atoms with E-state index in [9.17, 15) is 9.59 Å². The van der Waals surface area contributed by atoms with Gasteiger partial charge in [-0.05, 0) is 26.0 Å². The number of benzene rings is 1. The average molecular weight is 347 g/mol. The van der Waals surface area contributed by atoms with Crippen LogP contribution in [-0.2, 0) is 22.6 Å². The Morgan fingerprint density at radius 3 is 2.62 bits per heavy atom. The van der Waals surface area contributed by atoms with Crippen molar-refractivity contribution in [2.24, 2.45) is 5.73 Å². The second-order valence-electron chi connectivity index (χ2n) is 5.22. The third-order valence-electron chi connectivity index (χ3n) is 3.40. The molecule has 8 heteroatoms. The molecule has 0 fully saturated rings. The topological polar surface area (TPSA) is 103 Å². The van der Waals surface area contributed by atoms with Gasteiger partial charge in [-0.3, -0.25) is 9.59 Å². The summed E-state index contributed by atoms with van der Waals surface area (Å²) in [6, 6.07) is 9.31. The molecule has 0 saturated carbocycles. The van der Waals surface area contributed by atoms with Crippen molar-refractivity contribution < 1.29 is 9.59 Å². The highest BCUT2D eigenvalue weighted by atomic mass is 32.2. The zero-order valence-electron chi connectivity index (χ0n) is 13.7. The minimum atomic E-state index is -0.370. The first-order valence-electron chi connectivity index (χ1n) is 7.74. The number of thioether (sulfide) groups is 1. The van der Waals surface area contributed by atoms with Gasteiger partial charge in [0.25, 0.3) is 0 Å². The number of nitrogens with zero attached hydrogens (tertiary/aromatic N) is 3. The van der Waals surface area contributed by atoms with Crippen LogP contribution in [-0.4, -0.2) is 31.8 Å². The van der Waals surface area contributed by atoms with Crippen LogP contribution in [0.15, 0.2) is 35.5 Å². The fraction of sp³-hybridized carbons (Fsp3) is 0.375. The third-order valence-corrected chi connectivity index (χ3v) is 4.48. The lowest BCUT2D eigenvalue weighted by Gasteiger charge is -2.12. The van der Waals surface area contributed by atoms with Crippen molar-refractivity contribution in [3.63, 3.8) is 0 Å². The maximum absolute atomic E-state index is 12.3. The van der Waals surface area contributed by atoms with Crippen LogP contribution in [0.25, 0.3) is 0 Å². The van der Waals surface area contributed by atoms with E-state index in [0.29, 0.717) is 23.9 Å². The monoisotopic (exact) mass is 347 g/mol. The number of nitrogens with two attached hydrogens (primary N) is 1. The first-order chi connectivity index (χ1) is 11.5. The van der Waals surface area contributed by atoms with Crippen LogP contribution < -0.4 is 11.1 Å². The van der Waals surface area contributed by atoms with Crippen molar-refractivity contribution in [3.05, 3.63) is 36.2 Å². The van der Waals surface area contributed by atoms with E-state index in [1.54, 1.807) is 0 Å². The van der Waals surface area contributed by atoms with Crippen molar-refractivity contribution in [1.82, 2.24) is 14.8 Å². The number of hydrogen-bond donors (Lipinski definition) is 2. The molecule has 1 aromatic carbocycles. The minimum Gasteiger partial charge on any atom is -0.370 e. The second-order valence-corrected chi connectivity index (χ2v) is 6.53. The summed E-state index contributed by atoms with van der Waals surface area (Å²) >= 11 is 1.34. The Labute approximate surface area is 145 Å². The molecule has 2 aromatic rings. The molecule has 1 heterocycles. The Balaban J connectivity index is 2.01. The van der Waals surface area contributed by atoms with E-state index in [1.165, 1.54) is 11.8 Å². The summed E-state index contributed by atoms with van der Waals surface area (Å²) in [7, 11) is 0. The number of aromatic nitrogens is 3. The molecular weight excluding hydrogens is 326 g/mol. The fourth-order valence-electron chi connectivity index (χ4n) is 2.12. The molecule has 3 N–H and O–H groups in total. The summed E-state index contributed by atoms with van der Waals surface area (Å²) in [4.78, 5) is 23.2. The molecule has 0 spiro atoms. The number of carbonyl (C=O) groups excluding carboxylic acids is 2. The zero-order valence-corrected chi connectivity index (χ0v) is 14.5. The van der Waals surface area contributed by atoms with Gasteiger partial charge in [0.1, 0.15) is 5.82 Å². The minimum absolute atomic E-state index is 0.101. The van der Waals surface area contributed by atoms with E-state index in [-0.39, 0.29) is 23.5 Å². The molecule has 0 aliphatic heterocycles. The standard InChI is InChI=1S/C16H21N5O2S/c1-3-21-14(10-9-13(17)22)19-20-16(21)24-11(2)15(23)18-12-7-5-4-6-8-12/h4-8,11H,3,9-10H2,1-2H3,(H2,17,22)(H,18,23)/t11-/m1/s1. The number of para-hydroxylation sites is 1. The molecule has 0 aliphatic rings. The molecule has 0 bridgehead atoms. The Kier molecular flexibility index (Phi) is 6.36. The van der Waals surface area contributed by atoms with E-state index >= 15 is 0 Å². The smallest absolute Gasteiger partial charge is 0.237 e. The van der Waals surface area contributed by atoms with E-state index in [1.807, 2.05) is 48.7 Å². The second kappa shape index (κ2) is 8.49. The molecule has 1 aromatic heterocycles. The Morgan fingerprint density at radius 2 is 2.00 bits per heavy atom. The Bertz CT molecular complexity index is 702. The molecule has 0 unspecified atom stereocenters. The molecule has 0 radical (unpaired) electrons. The van der Waals surface area contributed by atoms with Crippen LogP contribution in [0.5, 0.6) is 0 Å². The highest BCUT2D eigenvalue weighted by molar-refractivity contribution is 8.00. The molecule has 2 amide bonds. The number of primary amides is 1. The van der Waals surface area contributed by atoms with Gasteiger partial charge in [0.2, 0.25) is 11.8 Å². The average Bonchev–Trinajstić information content (AvgIpc) is 2.95. The van der Waals surface area contributed by atoms with Gasteiger partial charge in [-0.1, -0.05) is 30.0 Å². The van der Waals surface area contributed by atoms with Crippen molar-refractivity contribution in [1.29, 1.82) is 0 Å². The van der Waals surface area contributed by atoms with Crippen molar-refractivity contribution in [2.75, 3.05) is 5.32 Å². The molecule has 24 heavy (non-hydrogen) atoms. The number of amides is 2. The molecular formula is C16H21N5O2S. The largest absolute Gasteiger partial charge is 0.370 e. The molecule has 128 valence electrons. The van der Waals surface area contributed by atoms with Crippen LogP contribution in [0.3, 0.4) is 0 Å². The normalized spacial score (nSPS) is 11.9. The van der Waals surface area contributed by atoms with E-state index in [0.717, 1.165) is 5.69 Å². The first-order valence-corrected chi connectivity index (χ1v) is 8.62. The summed E-state index contributed by atoms with van der Waals surface area (Å²) in [5.74, 6) is 0.232. The zero-order chi connectivity index (χ0) is 17.5. The number of rotatable bonds is 8. The fourth-order valence-corrected chi connectivity index (χ4v) is 3.05. The quantitative estimate of drug-likeness (QED) is 0.709. The Hall–Kier alpha value is -2.35. The lowest BCUT2D eigenvalue weighted by atomic mass is 10.3. The maximum atomic E-state index is 12.3. The lowest BCUT2D eigenvalue weighted by molar-refractivity contribution is -0.118. The van der Waals surface area contributed by atoms with Gasteiger partial charge in [-0.15, -0.1) is 10.2 Å². The number of hydrogen-bond acceptors (Lipinski definition) is 5. The van der Waals surface area contributed by atoms with E-state index < -0.39 is 0 Å². The Morgan fingerprint density at radius 1 is 1.29 bits per heavy atom. The highest BCUT2D eigenvalue weighted by Gasteiger charge is 2.19. The van der Waals surface area contributed by atoms with Gasteiger partial charge in [0.05, 0.1) is 5.25 Å². The molecule has 0 aliphatic carbocycles. The SMILES string of the molecule is CCn1c(CCC(N)=O)nnc1S[C@H](C)C(=O)Nc1ccccc1. The molecule has 2 rings (SSSR count). The summed E-state index contributed by atoms with van der Waals surface area (Å²) in [6.07, 6.45) is 0.675. The predicted octanol–water partition coefficient (Wildman–Crippen LogP) is 1.84. The summed E-state index contributed by atoms with van der Waals surface area (Å²) in [6.45, 7) is 4.45. The van der Waals surface area contributed by atoms with Crippen LogP contribution in [0.1, 0.15) is 26.1 Å². The van der Waals surface area contributed by atoms with Gasteiger partial charge < -0.3 is 15.6 Å². The van der Waals surface area contributed by atoms with Gasteiger partial charge in [0.15, 0.2) is 5.16 Å². The lowest BCUT2D eigenvalue weighted by Crippen LogP contribution is -2.23. The van der Waals surface area contributed by atoms with Crippen molar-refractivity contribution >= 4 is 29.3 Å². The third kappa shape index (κ3) is 4.82. The number of aryl methyl sites for hydroxylation is 1. The van der Waals surface area contributed by atoms with Crippen molar-refractivity contribution in [2.45, 2.75) is 43.6 Å². The molecule has 7 nitrogen and oxygen atoms in total. The van der Waals surface area contributed by atoms with E-state index in [2.05, 4.69) is 15.5 Å². The van der Waals surface area contributed by atoms with Crippen LogP contribution in [0.2, 0.25) is 0 Å². The van der Waals surface area contributed by atoms with Gasteiger partial charge in [0, 0.05) is 25.1 Å².